The molecule has 0 aliphatic rings. The van der Waals surface area contributed by atoms with Crippen LogP contribution in [0.25, 0.3) is 0 Å². The highest BCUT2D eigenvalue weighted by atomic mass is 32.1. The molecule has 0 radical (unpaired) electrons. The Balaban J connectivity index is 1.71. The quantitative estimate of drug-likeness (QED) is 0.716. The molecule has 0 saturated carbocycles. The van der Waals surface area contributed by atoms with Gasteiger partial charge in [0.2, 0.25) is 5.91 Å². The highest BCUT2D eigenvalue weighted by molar-refractivity contribution is 7.14. The number of carbonyl (C=O) groups excluding carboxylic acids is 1. The minimum Gasteiger partial charge on any atom is -0.315 e. The lowest BCUT2D eigenvalue weighted by Crippen LogP contribution is -2.32. The second-order valence-electron chi connectivity index (χ2n) is 5.30. The van der Waals surface area contributed by atoms with Crippen molar-refractivity contribution in [3.05, 3.63) is 83.0 Å². The van der Waals surface area contributed by atoms with Crippen LogP contribution < -0.4 is 10.6 Å². The normalized spacial score (nSPS) is 11.5. The van der Waals surface area contributed by atoms with E-state index in [1.54, 1.807) is 17.6 Å². The predicted molar refractivity (Wildman–Crippen MR) is 98.2 cm³/mol. The molecule has 1 atom stereocenters. The number of nitriles is 1. The van der Waals surface area contributed by atoms with E-state index in [9.17, 15) is 4.79 Å². The maximum Gasteiger partial charge on any atom is 0.238 e. The summed E-state index contributed by atoms with van der Waals surface area (Å²) in [6.45, 7) is 0.110. The highest BCUT2D eigenvalue weighted by Gasteiger charge is 2.16. The molecule has 1 aromatic carbocycles. The third kappa shape index (κ3) is 4.29. The molecule has 124 valence electrons. The zero-order valence-corrected chi connectivity index (χ0v) is 14.2. The summed E-state index contributed by atoms with van der Waals surface area (Å²) in [5, 5.41) is 17.4. The number of aromatic nitrogens is 1. The molecule has 0 bridgehead atoms. The third-order valence-electron chi connectivity index (χ3n) is 3.62. The first-order valence-corrected chi connectivity index (χ1v) is 8.62. The molecule has 2 N–H and O–H groups in total. The summed E-state index contributed by atoms with van der Waals surface area (Å²) < 4.78 is 0. The van der Waals surface area contributed by atoms with Crippen molar-refractivity contribution in [2.45, 2.75) is 6.04 Å². The number of thiophene rings is 1. The van der Waals surface area contributed by atoms with Gasteiger partial charge in [-0.25, -0.2) is 0 Å². The lowest BCUT2D eigenvalue weighted by atomic mass is 10.0. The molecule has 0 unspecified atom stereocenters. The number of hydrogen-bond acceptors (Lipinski definition) is 5. The van der Waals surface area contributed by atoms with Crippen molar-refractivity contribution in [2.24, 2.45) is 0 Å². The number of nitrogens with one attached hydrogen (secondary N) is 2. The molecule has 0 aliphatic heterocycles. The van der Waals surface area contributed by atoms with E-state index in [1.165, 1.54) is 11.3 Å². The molecule has 25 heavy (non-hydrogen) atoms. The van der Waals surface area contributed by atoms with E-state index in [0.717, 1.165) is 11.3 Å². The van der Waals surface area contributed by atoms with Crippen molar-refractivity contribution in [3.8, 4) is 6.07 Å². The number of hydrogen-bond donors (Lipinski definition) is 2. The first-order chi connectivity index (χ1) is 12.3. The van der Waals surface area contributed by atoms with Crippen LogP contribution in [0.5, 0.6) is 0 Å². The number of pyridine rings is 1. The second kappa shape index (κ2) is 8.20. The van der Waals surface area contributed by atoms with Crippen molar-refractivity contribution in [1.82, 2.24) is 10.3 Å². The Hall–Kier alpha value is -3.01. The van der Waals surface area contributed by atoms with Gasteiger partial charge in [-0.2, -0.15) is 5.26 Å². The maximum atomic E-state index is 12.2. The molecule has 0 fully saturated rings. The standard InChI is InChI=1S/C19H16N4OS/c20-12-15-9-11-25-19(15)23-17(24)13-22-18(14-6-2-1-3-7-14)16-8-4-5-10-21-16/h1-11,18,22H,13H2,(H,23,24)/t18-/m0/s1. The molecule has 0 aliphatic carbocycles. The van der Waals surface area contributed by atoms with Gasteiger partial charge in [-0.3, -0.25) is 15.1 Å². The zero-order chi connectivity index (χ0) is 17.5. The Morgan fingerprint density at radius 3 is 2.68 bits per heavy atom. The van der Waals surface area contributed by atoms with Crippen LogP contribution in [-0.4, -0.2) is 17.4 Å². The Kier molecular flexibility index (Phi) is 5.52. The molecule has 2 aromatic heterocycles. The Bertz CT molecular complexity index is 832. The van der Waals surface area contributed by atoms with Crippen molar-refractivity contribution in [1.29, 1.82) is 5.26 Å². The summed E-state index contributed by atoms with van der Waals surface area (Å²) in [7, 11) is 0. The lowest BCUT2D eigenvalue weighted by Gasteiger charge is -2.18. The summed E-state index contributed by atoms with van der Waals surface area (Å²) in [4.78, 5) is 16.7. The fourth-order valence-corrected chi connectivity index (χ4v) is 3.20. The van der Waals surface area contributed by atoms with E-state index in [1.807, 2.05) is 48.5 Å². The number of carbonyl (C=O) groups is 1. The molecule has 6 heteroatoms. The van der Waals surface area contributed by atoms with Crippen LogP contribution >= 0.6 is 11.3 Å². The molecule has 0 saturated heterocycles. The van der Waals surface area contributed by atoms with Crippen LogP contribution in [-0.2, 0) is 4.79 Å². The van der Waals surface area contributed by atoms with Crippen LogP contribution in [0, 0.1) is 11.3 Å². The van der Waals surface area contributed by atoms with Gasteiger partial charge in [0.1, 0.15) is 11.1 Å². The smallest absolute Gasteiger partial charge is 0.238 e. The maximum absolute atomic E-state index is 12.2. The number of anilines is 1. The fourth-order valence-electron chi connectivity index (χ4n) is 2.45. The van der Waals surface area contributed by atoms with Gasteiger partial charge in [0.15, 0.2) is 0 Å². The summed E-state index contributed by atoms with van der Waals surface area (Å²) in [5.74, 6) is -0.198. The second-order valence-corrected chi connectivity index (χ2v) is 6.22. The van der Waals surface area contributed by atoms with Gasteiger partial charge in [0.05, 0.1) is 23.8 Å². The molecule has 3 rings (SSSR count). The van der Waals surface area contributed by atoms with Crippen LogP contribution in [0.15, 0.2) is 66.2 Å². The summed E-state index contributed by atoms with van der Waals surface area (Å²) in [6.07, 6.45) is 1.73. The van der Waals surface area contributed by atoms with Gasteiger partial charge in [0.25, 0.3) is 0 Å². The van der Waals surface area contributed by atoms with Gasteiger partial charge in [0, 0.05) is 6.20 Å². The third-order valence-corrected chi connectivity index (χ3v) is 4.45. The van der Waals surface area contributed by atoms with Crippen molar-refractivity contribution < 1.29 is 4.79 Å². The van der Waals surface area contributed by atoms with Crippen molar-refractivity contribution in [3.63, 3.8) is 0 Å². The minimum absolute atomic E-state index is 0.110. The van der Waals surface area contributed by atoms with Crippen molar-refractivity contribution >= 4 is 22.2 Å². The molecular formula is C19H16N4OS. The molecular weight excluding hydrogens is 332 g/mol. The van der Waals surface area contributed by atoms with Gasteiger partial charge >= 0.3 is 0 Å². The summed E-state index contributed by atoms with van der Waals surface area (Å²) >= 11 is 1.33. The van der Waals surface area contributed by atoms with E-state index in [4.69, 9.17) is 5.26 Å². The molecule has 0 spiro atoms. The molecule has 1 amide bonds. The van der Waals surface area contributed by atoms with E-state index >= 15 is 0 Å². The van der Waals surface area contributed by atoms with Gasteiger partial charge in [-0.1, -0.05) is 36.4 Å². The van der Waals surface area contributed by atoms with E-state index in [-0.39, 0.29) is 18.5 Å². The number of amides is 1. The van der Waals surface area contributed by atoms with Crippen LogP contribution in [0.3, 0.4) is 0 Å². The lowest BCUT2D eigenvalue weighted by molar-refractivity contribution is -0.115. The topological polar surface area (TPSA) is 77.8 Å². The van der Waals surface area contributed by atoms with E-state index in [2.05, 4.69) is 21.7 Å². The first kappa shape index (κ1) is 16.8. The fraction of sp³-hybridized carbons (Fsp3) is 0.105. The van der Waals surface area contributed by atoms with Crippen LogP contribution in [0.1, 0.15) is 22.9 Å². The van der Waals surface area contributed by atoms with Crippen LogP contribution in [0.2, 0.25) is 0 Å². The SMILES string of the molecule is N#Cc1ccsc1NC(=O)CN[C@@H](c1ccccc1)c1ccccn1. The minimum atomic E-state index is -0.198. The average Bonchev–Trinajstić information content (AvgIpc) is 3.11. The summed E-state index contributed by atoms with van der Waals surface area (Å²) in [6, 6.07) is 19.1. The number of benzene rings is 1. The van der Waals surface area contributed by atoms with Crippen LogP contribution in [0.4, 0.5) is 5.00 Å². The van der Waals surface area contributed by atoms with E-state index < -0.39 is 0 Å². The zero-order valence-electron chi connectivity index (χ0n) is 13.3. The largest absolute Gasteiger partial charge is 0.315 e. The summed E-state index contributed by atoms with van der Waals surface area (Å²) in [5.41, 5.74) is 2.35. The Labute approximate surface area is 150 Å². The monoisotopic (exact) mass is 348 g/mol. The Morgan fingerprint density at radius 1 is 1.16 bits per heavy atom. The average molecular weight is 348 g/mol. The Morgan fingerprint density at radius 2 is 1.96 bits per heavy atom. The van der Waals surface area contributed by atoms with E-state index in [0.29, 0.717) is 10.6 Å². The number of rotatable bonds is 6. The highest BCUT2D eigenvalue weighted by Crippen LogP contribution is 2.22. The predicted octanol–water partition coefficient (Wildman–Crippen LogP) is 3.33. The van der Waals surface area contributed by atoms with Gasteiger partial charge in [-0.05, 0) is 29.1 Å². The molecule has 3 aromatic rings. The molecule has 2 heterocycles. The van der Waals surface area contributed by atoms with Gasteiger partial charge < -0.3 is 5.32 Å². The molecule has 5 nitrogen and oxygen atoms in total. The van der Waals surface area contributed by atoms with Gasteiger partial charge in [-0.15, -0.1) is 11.3 Å². The number of nitrogens with zero attached hydrogens (tertiary/aromatic N) is 2. The van der Waals surface area contributed by atoms with Crippen molar-refractivity contribution in [2.75, 3.05) is 11.9 Å². The first-order valence-electron chi connectivity index (χ1n) is 7.74.